The maximum absolute atomic E-state index is 12.4. The van der Waals surface area contributed by atoms with Gasteiger partial charge in [-0.05, 0) is 62.1 Å². The van der Waals surface area contributed by atoms with Crippen LogP contribution in [0.4, 0.5) is 0 Å². The number of carbonyl (C=O) groups is 2. The molecule has 0 aliphatic carbocycles. The number of Topliss-reactive ketones (excluding diaryl/α,β-unsaturated/α-hetero) is 1. The summed E-state index contributed by atoms with van der Waals surface area (Å²) >= 11 is 0. The fourth-order valence-electron chi connectivity index (χ4n) is 2.67. The number of nitrogens with one attached hydrogen (secondary N) is 1. The van der Waals surface area contributed by atoms with Crippen molar-refractivity contribution in [2.24, 2.45) is 0 Å². The molecule has 7 heteroatoms. The largest absolute Gasteiger partial charge is 0.456 e. The Kier molecular flexibility index (Phi) is 7.47. The maximum atomic E-state index is 12.4. The van der Waals surface area contributed by atoms with Crippen LogP contribution in [-0.4, -0.2) is 32.8 Å². The Bertz CT molecular complexity index is 1030. The minimum Gasteiger partial charge on any atom is -0.456 e. The normalized spacial score (nSPS) is 12.7. The highest BCUT2D eigenvalue weighted by Gasteiger charge is 2.21. The first-order chi connectivity index (χ1) is 13.6. The molecular formula is C22H25NO5S. The Morgan fingerprint density at radius 3 is 2.31 bits per heavy atom. The van der Waals surface area contributed by atoms with Gasteiger partial charge in [-0.1, -0.05) is 36.4 Å². The Hall–Kier alpha value is -2.77. The SMILES string of the molecule is Cc1cc(C)c(C(=O)COC(=O)[C@H](C)NS(=O)(=O)/C=C/c2ccccc2)cc1C. The smallest absolute Gasteiger partial charge is 0.324 e. The van der Waals surface area contributed by atoms with Crippen molar-refractivity contribution in [3.8, 4) is 0 Å². The number of hydrogen-bond donors (Lipinski definition) is 1. The molecule has 154 valence electrons. The highest BCUT2D eigenvalue weighted by atomic mass is 32.2. The minimum absolute atomic E-state index is 0.335. The van der Waals surface area contributed by atoms with Crippen LogP contribution in [0.1, 0.15) is 39.5 Å². The third-order valence-corrected chi connectivity index (χ3v) is 5.60. The van der Waals surface area contributed by atoms with Gasteiger partial charge in [-0.2, -0.15) is 4.72 Å². The van der Waals surface area contributed by atoms with Gasteiger partial charge < -0.3 is 4.74 Å². The molecule has 0 fully saturated rings. The van der Waals surface area contributed by atoms with Crippen LogP contribution in [0.2, 0.25) is 0 Å². The van der Waals surface area contributed by atoms with E-state index in [0.29, 0.717) is 11.1 Å². The molecule has 0 aliphatic rings. The summed E-state index contributed by atoms with van der Waals surface area (Å²) in [5.74, 6) is -1.16. The molecule has 2 aromatic rings. The van der Waals surface area contributed by atoms with Crippen molar-refractivity contribution >= 4 is 27.9 Å². The molecule has 0 unspecified atom stereocenters. The van der Waals surface area contributed by atoms with Crippen LogP contribution in [0.3, 0.4) is 0 Å². The summed E-state index contributed by atoms with van der Waals surface area (Å²) in [4.78, 5) is 24.5. The van der Waals surface area contributed by atoms with Crippen LogP contribution in [0.5, 0.6) is 0 Å². The number of esters is 1. The first-order valence-electron chi connectivity index (χ1n) is 9.12. The van der Waals surface area contributed by atoms with Gasteiger partial charge in [-0.15, -0.1) is 0 Å². The number of ketones is 1. The standard InChI is InChI=1S/C22H25NO5S/c1-15-12-17(3)20(13-16(15)2)21(24)14-28-22(25)18(4)23-29(26,27)11-10-19-8-6-5-7-9-19/h5-13,18,23H,14H2,1-4H3/b11-10+/t18-/m0/s1. The van der Waals surface area contributed by atoms with Crippen molar-refractivity contribution in [3.63, 3.8) is 0 Å². The Labute approximate surface area is 171 Å². The molecule has 0 saturated heterocycles. The molecule has 2 rings (SSSR count). The summed E-state index contributed by atoms with van der Waals surface area (Å²) in [6.07, 6.45) is 1.42. The predicted molar refractivity (Wildman–Crippen MR) is 113 cm³/mol. The van der Waals surface area contributed by atoms with Gasteiger partial charge in [-0.25, -0.2) is 8.42 Å². The van der Waals surface area contributed by atoms with Crippen molar-refractivity contribution < 1.29 is 22.7 Å². The van der Waals surface area contributed by atoms with Crippen LogP contribution < -0.4 is 4.72 Å². The van der Waals surface area contributed by atoms with Gasteiger partial charge in [0, 0.05) is 11.0 Å². The fraction of sp³-hybridized carbons (Fsp3) is 0.273. The molecule has 29 heavy (non-hydrogen) atoms. The van der Waals surface area contributed by atoms with Gasteiger partial charge in [0.1, 0.15) is 6.04 Å². The Morgan fingerprint density at radius 1 is 1.03 bits per heavy atom. The number of sulfonamides is 1. The average molecular weight is 416 g/mol. The molecule has 6 nitrogen and oxygen atoms in total. The van der Waals surface area contributed by atoms with Crippen molar-refractivity contribution in [1.82, 2.24) is 4.72 Å². The van der Waals surface area contributed by atoms with Crippen molar-refractivity contribution in [3.05, 3.63) is 75.7 Å². The number of rotatable bonds is 8. The molecule has 1 atom stereocenters. The highest BCUT2D eigenvalue weighted by molar-refractivity contribution is 7.92. The molecule has 2 aromatic carbocycles. The van der Waals surface area contributed by atoms with Gasteiger partial charge in [0.2, 0.25) is 15.8 Å². The van der Waals surface area contributed by atoms with Gasteiger partial charge in [-0.3, -0.25) is 9.59 Å². The maximum Gasteiger partial charge on any atom is 0.324 e. The molecule has 0 heterocycles. The van der Waals surface area contributed by atoms with E-state index < -0.39 is 28.6 Å². The zero-order chi connectivity index (χ0) is 21.6. The third-order valence-electron chi connectivity index (χ3n) is 4.42. The predicted octanol–water partition coefficient (Wildman–Crippen LogP) is 3.32. The highest BCUT2D eigenvalue weighted by Crippen LogP contribution is 2.16. The lowest BCUT2D eigenvalue weighted by Gasteiger charge is -2.13. The monoisotopic (exact) mass is 415 g/mol. The van der Waals surface area contributed by atoms with Crippen molar-refractivity contribution in [2.75, 3.05) is 6.61 Å². The topological polar surface area (TPSA) is 89.5 Å². The molecular weight excluding hydrogens is 390 g/mol. The second-order valence-corrected chi connectivity index (χ2v) is 8.48. The zero-order valence-corrected chi connectivity index (χ0v) is 17.7. The number of aryl methyl sites for hydroxylation is 3. The third kappa shape index (κ3) is 6.66. The van der Waals surface area contributed by atoms with E-state index in [1.165, 1.54) is 13.0 Å². The van der Waals surface area contributed by atoms with Gasteiger partial charge in [0.05, 0.1) is 0 Å². The molecule has 0 radical (unpaired) electrons. The first-order valence-corrected chi connectivity index (χ1v) is 10.7. The fourth-order valence-corrected chi connectivity index (χ4v) is 3.67. The molecule has 1 N–H and O–H groups in total. The van der Waals surface area contributed by atoms with Crippen LogP contribution in [0.25, 0.3) is 6.08 Å². The summed E-state index contributed by atoms with van der Waals surface area (Å²) in [6, 6.07) is 11.4. The first kappa shape index (κ1) is 22.5. The molecule has 0 amide bonds. The quantitative estimate of drug-likeness (QED) is 0.528. The van der Waals surface area contributed by atoms with E-state index in [-0.39, 0.29) is 5.78 Å². The van der Waals surface area contributed by atoms with Crippen molar-refractivity contribution in [2.45, 2.75) is 33.7 Å². The lowest BCUT2D eigenvalue weighted by molar-refractivity contribution is -0.144. The number of hydrogen-bond acceptors (Lipinski definition) is 5. The average Bonchev–Trinajstić information content (AvgIpc) is 2.67. The van der Waals surface area contributed by atoms with E-state index in [2.05, 4.69) is 4.72 Å². The van der Waals surface area contributed by atoms with Crippen LogP contribution >= 0.6 is 0 Å². The number of ether oxygens (including phenoxy) is 1. The Balaban J connectivity index is 1.94. The van der Waals surface area contributed by atoms with E-state index in [9.17, 15) is 18.0 Å². The van der Waals surface area contributed by atoms with E-state index in [4.69, 9.17) is 4.74 Å². The van der Waals surface area contributed by atoms with Crippen LogP contribution in [0, 0.1) is 20.8 Å². The summed E-state index contributed by atoms with van der Waals surface area (Å²) in [5, 5.41) is 0.982. The second-order valence-electron chi connectivity index (χ2n) is 6.88. The summed E-state index contributed by atoms with van der Waals surface area (Å²) in [5.41, 5.74) is 4.04. The zero-order valence-electron chi connectivity index (χ0n) is 16.9. The van der Waals surface area contributed by atoms with E-state index in [0.717, 1.165) is 22.1 Å². The second kappa shape index (κ2) is 9.62. The van der Waals surface area contributed by atoms with Crippen LogP contribution in [-0.2, 0) is 19.6 Å². The molecule has 0 saturated carbocycles. The molecule has 0 spiro atoms. The van der Waals surface area contributed by atoms with Gasteiger partial charge >= 0.3 is 5.97 Å². The number of benzene rings is 2. The lowest BCUT2D eigenvalue weighted by Crippen LogP contribution is -2.39. The molecule has 0 aliphatic heterocycles. The minimum atomic E-state index is -3.85. The van der Waals surface area contributed by atoms with Gasteiger partial charge in [0.15, 0.2) is 6.61 Å². The Morgan fingerprint density at radius 2 is 1.66 bits per heavy atom. The van der Waals surface area contributed by atoms with Gasteiger partial charge in [0.25, 0.3) is 0 Å². The molecule has 0 bridgehead atoms. The van der Waals surface area contributed by atoms with Crippen molar-refractivity contribution in [1.29, 1.82) is 0 Å². The molecule has 0 aromatic heterocycles. The summed E-state index contributed by atoms with van der Waals surface area (Å²) in [7, 11) is -3.85. The van der Waals surface area contributed by atoms with E-state index in [1.54, 1.807) is 30.3 Å². The summed E-state index contributed by atoms with van der Waals surface area (Å²) < 4.78 is 31.5. The van der Waals surface area contributed by atoms with E-state index in [1.807, 2.05) is 32.9 Å². The lowest BCUT2D eigenvalue weighted by atomic mass is 9.98. The summed E-state index contributed by atoms with van der Waals surface area (Å²) in [6.45, 7) is 6.58. The number of carbonyl (C=O) groups excluding carboxylic acids is 2. The van der Waals surface area contributed by atoms with Crippen LogP contribution in [0.15, 0.2) is 47.9 Å². The van der Waals surface area contributed by atoms with E-state index >= 15 is 0 Å².